The maximum absolute atomic E-state index is 13.3. The van der Waals surface area contributed by atoms with Crippen LogP contribution < -0.4 is 10.2 Å². The lowest BCUT2D eigenvalue weighted by Crippen LogP contribution is -2.44. The maximum atomic E-state index is 13.3. The minimum Gasteiger partial charge on any atom is -0.480 e. The molecule has 6 nitrogen and oxygen atoms in total. The van der Waals surface area contributed by atoms with Gasteiger partial charge in [-0.05, 0) is 79.1 Å². The molecule has 0 saturated heterocycles. The van der Waals surface area contributed by atoms with Crippen LogP contribution in [0.15, 0.2) is 66.7 Å². The van der Waals surface area contributed by atoms with Crippen LogP contribution in [0.1, 0.15) is 49.4 Å². The third kappa shape index (κ3) is 8.24. The highest BCUT2D eigenvalue weighted by molar-refractivity contribution is 7.98. The van der Waals surface area contributed by atoms with E-state index in [4.69, 9.17) is 4.74 Å². The quantitative estimate of drug-likeness (QED) is 0.276. The largest absolute Gasteiger partial charge is 0.480 e. The Hall–Kier alpha value is -3.52. The van der Waals surface area contributed by atoms with Gasteiger partial charge in [-0.1, -0.05) is 54.6 Å². The lowest BCUT2D eigenvalue weighted by molar-refractivity contribution is -0.138. The Labute approximate surface area is 239 Å². The normalized spacial score (nSPS) is 13.8. The summed E-state index contributed by atoms with van der Waals surface area (Å²) in [5, 5.41) is 11.9. The van der Waals surface area contributed by atoms with Crippen molar-refractivity contribution in [1.29, 1.82) is 0 Å². The molecule has 1 heterocycles. The number of amides is 1. The molecule has 0 spiro atoms. The van der Waals surface area contributed by atoms with E-state index in [1.165, 1.54) is 22.9 Å². The van der Waals surface area contributed by atoms with Gasteiger partial charge in [0.25, 0.3) is 0 Å². The number of aryl methyl sites for hydroxylation is 1. The first-order valence-corrected chi connectivity index (χ1v) is 14.7. The van der Waals surface area contributed by atoms with Crippen molar-refractivity contribution in [3.63, 3.8) is 0 Å². The molecule has 2 N–H and O–H groups in total. The van der Waals surface area contributed by atoms with E-state index in [0.29, 0.717) is 5.75 Å². The van der Waals surface area contributed by atoms with Gasteiger partial charge >= 0.3 is 12.1 Å². The number of nitrogens with zero attached hydrogens (tertiary/aromatic N) is 1. The predicted octanol–water partition coefficient (Wildman–Crippen LogP) is 6.99. The summed E-state index contributed by atoms with van der Waals surface area (Å²) in [4.78, 5) is 25.9. The summed E-state index contributed by atoms with van der Waals surface area (Å²) in [7, 11) is 0. The third-order valence-electron chi connectivity index (χ3n) is 6.65. The molecule has 1 amide bonds. The lowest BCUT2D eigenvalue weighted by Gasteiger charge is -2.32. The fourth-order valence-electron chi connectivity index (χ4n) is 4.73. The second kappa shape index (κ2) is 13.2. The van der Waals surface area contributed by atoms with Crippen molar-refractivity contribution < 1.29 is 23.8 Å². The van der Waals surface area contributed by atoms with E-state index in [9.17, 15) is 19.1 Å². The van der Waals surface area contributed by atoms with Crippen molar-refractivity contribution in [2.24, 2.45) is 0 Å². The molecule has 40 heavy (non-hydrogen) atoms. The monoisotopic (exact) mass is 564 g/mol. The van der Waals surface area contributed by atoms with Gasteiger partial charge in [0, 0.05) is 30.3 Å². The summed E-state index contributed by atoms with van der Waals surface area (Å²) >= 11 is 1.44. The topological polar surface area (TPSA) is 78.9 Å². The van der Waals surface area contributed by atoms with Crippen LogP contribution in [0.4, 0.5) is 14.9 Å². The fourth-order valence-corrected chi connectivity index (χ4v) is 5.73. The molecule has 8 heteroatoms. The number of carbonyl (C=O) groups is 2. The van der Waals surface area contributed by atoms with Gasteiger partial charge < -0.3 is 20.1 Å². The standard InChI is InChI=1S/C32H37FN2O4S/c1-32(2,3)39-31(38)34-28(30(36)37)21-40-20-22-9-12-25(13-10-22)27-7-4-6-24(16-27)19-35-15-5-8-26-14-11-23(18-33)17-29(26)35/h4,6-7,9-14,16-17,28H,5,8,15,18-21H2,1-3H3,(H,34,38)(H,36,37)/t28-/m0/s1. The maximum Gasteiger partial charge on any atom is 0.408 e. The predicted molar refractivity (Wildman–Crippen MR) is 159 cm³/mol. The molecule has 3 aromatic carbocycles. The number of carboxylic acids is 1. The van der Waals surface area contributed by atoms with Crippen LogP contribution in [0.3, 0.4) is 0 Å². The number of carbonyl (C=O) groups excluding carboxylic acids is 1. The van der Waals surface area contributed by atoms with Gasteiger partial charge in [-0.3, -0.25) is 0 Å². The number of aliphatic carboxylic acids is 1. The number of anilines is 1. The molecule has 1 aliphatic heterocycles. The first-order valence-electron chi connectivity index (χ1n) is 13.5. The van der Waals surface area contributed by atoms with E-state index >= 15 is 0 Å². The molecule has 0 fully saturated rings. The van der Waals surface area contributed by atoms with Crippen LogP contribution >= 0.6 is 11.8 Å². The number of halogens is 1. The number of fused-ring (bicyclic) bond motifs is 1. The van der Waals surface area contributed by atoms with E-state index in [0.717, 1.165) is 53.9 Å². The zero-order chi connectivity index (χ0) is 28.7. The molecule has 4 rings (SSSR count). The summed E-state index contributed by atoms with van der Waals surface area (Å²) in [5.41, 5.74) is 6.94. The number of rotatable bonds is 10. The van der Waals surface area contributed by atoms with Crippen LogP contribution in [0.2, 0.25) is 0 Å². The molecule has 0 radical (unpaired) electrons. The lowest BCUT2D eigenvalue weighted by atomic mass is 9.98. The smallest absolute Gasteiger partial charge is 0.408 e. The van der Waals surface area contributed by atoms with Gasteiger partial charge in [0.05, 0.1) is 0 Å². The van der Waals surface area contributed by atoms with E-state index in [2.05, 4.69) is 52.7 Å². The summed E-state index contributed by atoms with van der Waals surface area (Å²) < 4.78 is 18.5. The van der Waals surface area contributed by atoms with Crippen molar-refractivity contribution in [3.8, 4) is 11.1 Å². The number of hydrogen-bond donors (Lipinski definition) is 2. The molecule has 3 aromatic rings. The Morgan fingerprint density at radius 2 is 1.77 bits per heavy atom. The Morgan fingerprint density at radius 3 is 2.48 bits per heavy atom. The SMILES string of the molecule is CC(C)(C)OC(=O)N[C@@H](CSCc1ccc(-c2cccc(CN3CCCc4ccc(CF)cc43)c2)cc1)C(=O)O. The van der Waals surface area contributed by atoms with Gasteiger partial charge in [0.2, 0.25) is 0 Å². The van der Waals surface area contributed by atoms with Gasteiger partial charge in [0.15, 0.2) is 0 Å². The highest BCUT2D eigenvalue weighted by Gasteiger charge is 2.24. The third-order valence-corrected chi connectivity index (χ3v) is 7.76. The molecular weight excluding hydrogens is 527 g/mol. The summed E-state index contributed by atoms with van der Waals surface area (Å²) in [6, 6.07) is 21.7. The molecule has 0 saturated carbocycles. The van der Waals surface area contributed by atoms with E-state index in [1.54, 1.807) is 20.8 Å². The number of ether oxygens (including phenoxy) is 1. The Bertz CT molecular complexity index is 1320. The van der Waals surface area contributed by atoms with Crippen LogP contribution in [-0.2, 0) is 34.9 Å². The summed E-state index contributed by atoms with van der Waals surface area (Å²) in [6.07, 6.45) is 1.38. The van der Waals surface area contributed by atoms with Crippen LogP contribution in [0.25, 0.3) is 11.1 Å². The molecular formula is C32H37FN2O4S. The number of alkyl halides is 1. The first-order chi connectivity index (χ1) is 19.1. The van der Waals surface area contributed by atoms with Crippen molar-refractivity contribution >= 4 is 29.5 Å². The van der Waals surface area contributed by atoms with E-state index in [-0.39, 0.29) is 5.75 Å². The average molecular weight is 565 g/mol. The Kier molecular flexibility index (Phi) is 9.74. The van der Waals surface area contributed by atoms with Crippen molar-refractivity contribution in [2.75, 3.05) is 17.2 Å². The number of hydrogen-bond acceptors (Lipinski definition) is 5. The van der Waals surface area contributed by atoms with Crippen molar-refractivity contribution in [2.45, 2.75) is 64.2 Å². The number of benzene rings is 3. The van der Waals surface area contributed by atoms with Crippen LogP contribution in [-0.4, -0.2) is 41.1 Å². The van der Waals surface area contributed by atoms with Crippen molar-refractivity contribution in [1.82, 2.24) is 5.32 Å². The summed E-state index contributed by atoms with van der Waals surface area (Å²) in [6.45, 7) is 6.47. The highest BCUT2D eigenvalue weighted by Crippen LogP contribution is 2.31. The average Bonchev–Trinajstić information content (AvgIpc) is 2.92. The number of alkyl carbamates (subject to hydrolysis) is 1. The van der Waals surface area contributed by atoms with Gasteiger partial charge in [-0.25, -0.2) is 14.0 Å². The van der Waals surface area contributed by atoms with E-state index in [1.807, 2.05) is 24.3 Å². The molecule has 1 aliphatic rings. The van der Waals surface area contributed by atoms with Gasteiger partial charge in [0.1, 0.15) is 18.3 Å². The molecule has 0 bridgehead atoms. The van der Waals surface area contributed by atoms with Crippen molar-refractivity contribution in [3.05, 3.63) is 89.0 Å². The minimum atomic E-state index is -1.09. The number of nitrogens with one attached hydrogen (secondary N) is 1. The van der Waals surface area contributed by atoms with Crippen LogP contribution in [0.5, 0.6) is 0 Å². The molecule has 0 aromatic heterocycles. The highest BCUT2D eigenvalue weighted by atomic mass is 32.2. The molecule has 212 valence electrons. The molecule has 0 aliphatic carbocycles. The zero-order valence-corrected chi connectivity index (χ0v) is 24.1. The second-order valence-electron chi connectivity index (χ2n) is 11.1. The van der Waals surface area contributed by atoms with Crippen LogP contribution in [0, 0.1) is 0 Å². The number of thioether (sulfide) groups is 1. The van der Waals surface area contributed by atoms with Gasteiger partial charge in [-0.15, -0.1) is 0 Å². The Morgan fingerprint density at radius 1 is 1.02 bits per heavy atom. The minimum absolute atomic E-state index is 0.227. The second-order valence-corrected chi connectivity index (χ2v) is 12.1. The van der Waals surface area contributed by atoms with Gasteiger partial charge in [-0.2, -0.15) is 11.8 Å². The molecule has 0 unspecified atom stereocenters. The first kappa shape index (κ1) is 29.5. The Balaban J connectivity index is 1.35. The number of carboxylic acid groups (broad SMARTS) is 1. The molecule has 1 atom stereocenters. The fraction of sp³-hybridized carbons (Fsp3) is 0.375. The zero-order valence-electron chi connectivity index (χ0n) is 23.3. The van der Waals surface area contributed by atoms with E-state index < -0.39 is 30.4 Å². The summed E-state index contributed by atoms with van der Waals surface area (Å²) in [5.74, 6) is -0.246.